The molecule has 1 heterocycles. The van der Waals surface area contributed by atoms with Gasteiger partial charge < -0.3 is 20.7 Å². The van der Waals surface area contributed by atoms with Gasteiger partial charge in [-0.25, -0.2) is 0 Å². The number of carbonyl (C=O) groups is 1. The minimum Gasteiger partial charge on any atom is -0.508 e. The Labute approximate surface area is 215 Å². The largest absolute Gasteiger partial charge is 0.508 e. The van der Waals surface area contributed by atoms with Gasteiger partial charge in [0.15, 0.2) is 0 Å². The van der Waals surface area contributed by atoms with Crippen molar-refractivity contribution >= 4 is 16.8 Å². The first-order valence-electron chi connectivity index (χ1n) is 13.9. The highest BCUT2D eigenvalue weighted by Crippen LogP contribution is 2.38. The summed E-state index contributed by atoms with van der Waals surface area (Å²) in [6.07, 6.45) is 13.0. The molecule has 192 valence electrons. The molecule has 2 fully saturated rings. The number of nitrogens with one attached hydrogen (secondary N) is 1. The van der Waals surface area contributed by atoms with E-state index in [9.17, 15) is 9.90 Å². The SMILES string of the molecule is Cc1cccc(C(CC(=O)NC2CCC(N)CC2)c2cn(CC3CCCCC3)c3ccc(O)cc23)c1. The number of benzene rings is 2. The molecule has 0 radical (unpaired) electrons. The van der Waals surface area contributed by atoms with Gasteiger partial charge in [-0.3, -0.25) is 4.79 Å². The number of fused-ring (bicyclic) bond motifs is 1. The molecule has 36 heavy (non-hydrogen) atoms. The zero-order valence-corrected chi connectivity index (χ0v) is 21.6. The Morgan fingerprint density at radius 1 is 1.06 bits per heavy atom. The van der Waals surface area contributed by atoms with Crippen LogP contribution in [0.25, 0.3) is 10.9 Å². The summed E-state index contributed by atoms with van der Waals surface area (Å²) in [5.41, 5.74) is 10.7. The quantitative estimate of drug-likeness (QED) is 0.374. The van der Waals surface area contributed by atoms with Gasteiger partial charge in [-0.2, -0.15) is 0 Å². The van der Waals surface area contributed by atoms with E-state index in [1.165, 1.54) is 37.7 Å². The van der Waals surface area contributed by atoms with E-state index in [-0.39, 0.29) is 29.7 Å². The summed E-state index contributed by atoms with van der Waals surface area (Å²) >= 11 is 0. The maximum Gasteiger partial charge on any atom is 0.221 e. The number of phenolic OH excluding ortho intramolecular Hbond substituents is 1. The van der Waals surface area contributed by atoms with Crippen molar-refractivity contribution in [2.45, 2.75) is 95.7 Å². The summed E-state index contributed by atoms with van der Waals surface area (Å²) in [6.45, 7) is 3.10. The third kappa shape index (κ3) is 5.78. The standard InChI is InChI=1S/C31H41N3O2/c1-21-6-5-9-23(16-21)27(18-31(36)33-25-12-10-24(32)11-13-25)29-20-34(19-22-7-3-2-4-8-22)30-15-14-26(35)17-28(29)30/h5-6,9,14-17,20,22,24-25,27,35H,2-4,7-8,10-13,18-19,32H2,1H3,(H,33,36). The number of nitrogens with two attached hydrogens (primary N) is 1. The van der Waals surface area contributed by atoms with Crippen LogP contribution in [0.15, 0.2) is 48.7 Å². The summed E-state index contributed by atoms with van der Waals surface area (Å²) in [4.78, 5) is 13.4. The van der Waals surface area contributed by atoms with Crippen molar-refractivity contribution in [2.75, 3.05) is 0 Å². The summed E-state index contributed by atoms with van der Waals surface area (Å²) in [5, 5.41) is 14.8. The second-order valence-corrected chi connectivity index (χ2v) is 11.3. The van der Waals surface area contributed by atoms with Gasteiger partial charge in [0.1, 0.15) is 5.75 Å². The molecule has 0 saturated heterocycles. The van der Waals surface area contributed by atoms with Gasteiger partial charge in [0.05, 0.1) is 0 Å². The van der Waals surface area contributed by atoms with Crippen molar-refractivity contribution in [3.05, 3.63) is 65.4 Å². The zero-order valence-electron chi connectivity index (χ0n) is 21.6. The summed E-state index contributed by atoms with van der Waals surface area (Å²) in [7, 11) is 0. The molecular formula is C31H41N3O2. The second kappa shape index (κ2) is 11.1. The molecule has 3 aromatic rings. The number of hydrogen-bond acceptors (Lipinski definition) is 3. The maximum atomic E-state index is 13.4. The highest BCUT2D eigenvalue weighted by Gasteiger charge is 2.26. The van der Waals surface area contributed by atoms with Crippen LogP contribution in [0.4, 0.5) is 0 Å². The number of hydrogen-bond donors (Lipinski definition) is 3. The van der Waals surface area contributed by atoms with Gasteiger partial charge >= 0.3 is 0 Å². The monoisotopic (exact) mass is 487 g/mol. The lowest BCUT2D eigenvalue weighted by molar-refractivity contribution is -0.122. The average Bonchev–Trinajstić information content (AvgIpc) is 3.21. The van der Waals surface area contributed by atoms with Gasteiger partial charge in [-0.1, -0.05) is 49.1 Å². The summed E-state index contributed by atoms with van der Waals surface area (Å²) in [5.74, 6) is 0.975. The van der Waals surface area contributed by atoms with E-state index in [0.29, 0.717) is 12.3 Å². The van der Waals surface area contributed by atoms with Gasteiger partial charge in [0.25, 0.3) is 0 Å². The second-order valence-electron chi connectivity index (χ2n) is 11.3. The predicted octanol–water partition coefficient (Wildman–Crippen LogP) is 6.14. The smallest absolute Gasteiger partial charge is 0.221 e. The van der Waals surface area contributed by atoms with Crippen molar-refractivity contribution in [3.63, 3.8) is 0 Å². The van der Waals surface area contributed by atoms with E-state index in [2.05, 4.69) is 47.3 Å². The number of nitrogens with zero attached hydrogens (tertiary/aromatic N) is 1. The summed E-state index contributed by atoms with van der Waals surface area (Å²) < 4.78 is 2.38. The van der Waals surface area contributed by atoms with Gasteiger partial charge in [-0.15, -0.1) is 0 Å². The van der Waals surface area contributed by atoms with Crippen LogP contribution in [0.5, 0.6) is 5.75 Å². The van der Waals surface area contributed by atoms with Crippen LogP contribution >= 0.6 is 0 Å². The Morgan fingerprint density at radius 3 is 2.58 bits per heavy atom. The minimum atomic E-state index is -0.0762. The van der Waals surface area contributed by atoms with Gasteiger partial charge in [0, 0.05) is 48.1 Å². The number of rotatable bonds is 7. The Bertz CT molecular complexity index is 1190. The van der Waals surface area contributed by atoms with Crippen molar-refractivity contribution in [1.29, 1.82) is 0 Å². The Hall–Kier alpha value is -2.79. The van der Waals surface area contributed by atoms with E-state index < -0.39 is 0 Å². The van der Waals surface area contributed by atoms with E-state index in [4.69, 9.17) is 5.73 Å². The van der Waals surface area contributed by atoms with Crippen LogP contribution in [0.3, 0.4) is 0 Å². The Kier molecular flexibility index (Phi) is 7.66. The topological polar surface area (TPSA) is 80.3 Å². The highest BCUT2D eigenvalue weighted by atomic mass is 16.3. The molecule has 0 aliphatic heterocycles. The number of aromatic hydroxyl groups is 1. The lowest BCUT2D eigenvalue weighted by Gasteiger charge is -2.27. The van der Waals surface area contributed by atoms with Crippen LogP contribution in [-0.2, 0) is 11.3 Å². The van der Waals surface area contributed by atoms with Crippen LogP contribution in [0, 0.1) is 12.8 Å². The third-order valence-electron chi connectivity index (χ3n) is 8.42. The molecule has 5 rings (SSSR count). The minimum absolute atomic E-state index is 0.0762. The molecule has 1 aromatic heterocycles. The van der Waals surface area contributed by atoms with Crippen molar-refractivity contribution in [1.82, 2.24) is 9.88 Å². The zero-order chi connectivity index (χ0) is 25.1. The molecule has 5 heteroatoms. The molecule has 1 atom stereocenters. The van der Waals surface area contributed by atoms with Crippen LogP contribution in [0.2, 0.25) is 0 Å². The van der Waals surface area contributed by atoms with E-state index >= 15 is 0 Å². The molecule has 0 spiro atoms. The number of carbonyl (C=O) groups excluding carboxylic acids is 1. The first kappa shape index (κ1) is 24.9. The Morgan fingerprint density at radius 2 is 1.83 bits per heavy atom. The molecule has 0 bridgehead atoms. The Balaban J connectivity index is 1.48. The highest BCUT2D eigenvalue weighted by molar-refractivity contribution is 5.88. The van der Waals surface area contributed by atoms with E-state index in [1.807, 2.05) is 12.1 Å². The molecule has 2 saturated carbocycles. The van der Waals surface area contributed by atoms with Crippen LogP contribution in [0.1, 0.15) is 86.8 Å². The van der Waals surface area contributed by atoms with Gasteiger partial charge in [-0.05, 0) is 80.7 Å². The van der Waals surface area contributed by atoms with Gasteiger partial charge in [0.2, 0.25) is 5.91 Å². The normalized spacial score (nSPS) is 21.9. The fraction of sp³-hybridized carbons (Fsp3) is 0.516. The fourth-order valence-corrected chi connectivity index (χ4v) is 6.42. The molecule has 2 aliphatic rings. The van der Waals surface area contributed by atoms with Crippen molar-refractivity contribution in [2.24, 2.45) is 11.7 Å². The molecule has 5 nitrogen and oxygen atoms in total. The van der Waals surface area contributed by atoms with E-state index in [1.54, 1.807) is 6.07 Å². The van der Waals surface area contributed by atoms with Crippen LogP contribution in [-0.4, -0.2) is 27.7 Å². The molecule has 2 aromatic carbocycles. The molecular weight excluding hydrogens is 446 g/mol. The molecule has 4 N–H and O–H groups in total. The first-order valence-corrected chi connectivity index (χ1v) is 13.9. The van der Waals surface area contributed by atoms with E-state index in [0.717, 1.165) is 54.3 Å². The fourth-order valence-electron chi connectivity index (χ4n) is 6.42. The predicted molar refractivity (Wildman–Crippen MR) is 146 cm³/mol. The maximum absolute atomic E-state index is 13.4. The number of aryl methyl sites for hydroxylation is 1. The lowest BCUT2D eigenvalue weighted by Crippen LogP contribution is -2.40. The number of amides is 1. The third-order valence-corrected chi connectivity index (χ3v) is 8.42. The molecule has 1 amide bonds. The molecule has 1 unspecified atom stereocenters. The molecule has 2 aliphatic carbocycles. The van der Waals surface area contributed by atoms with Crippen LogP contribution < -0.4 is 11.1 Å². The summed E-state index contributed by atoms with van der Waals surface area (Å²) in [6, 6.07) is 14.7. The lowest BCUT2D eigenvalue weighted by atomic mass is 9.86. The van der Waals surface area contributed by atoms with Crippen molar-refractivity contribution < 1.29 is 9.90 Å². The number of aromatic nitrogens is 1. The van der Waals surface area contributed by atoms with Crippen molar-refractivity contribution in [3.8, 4) is 5.75 Å². The number of phenols is 1. The average molecular weight is 488 g/mol. The first-order chi connectivity index (χ1) is 17.5.